The largest absolute Gasteiger partial charge is 0.490 e. The Kier molecular flexibility index (Phi) is 9.82. The number of sulfonamides is 1. The van der Waals surface area contributed by atoms with E-state index in [0.717, 1.165) is 0 Å². The quantitative estimate of drug-likeness (QED) is 0.258. The van der Waals surface area contributed by atoms with E-state index in [9.17, 15) is 13.2 Å². The molecule has 0 aliphatic carbocycles. The summed E-state index contributed by atoms with van der Waals surface area (Å²) < 4.78 is 39.0. The number of carbonyl (C=O) groups excluding carboxylic acids is 1. The molecule has 0 saturated heterocycles. The van der Waals surface area contributed by atoms with E-state index < -0.39 is 15.9 Å². The predicted octanol–water partition coefficient (Wildman–Crippen LogP) is 4.82. The maximum atomic E-state index is 13.2. The number of anilines is 2. The molecule has 0 unspecified atom stereocenters. The molecule has 0 aromatic heterocycles. The number of ether oxygens (including phenoxy) is 2. The molecule has 0 fully saturated rings. The first-order valence-corrected chi connectivity index (χ1v) is 13.6. The summed E-state index contributed by atoms with van der Waals surface area (Å²) in [4.78, 5) is 13.0. The van der Waals surface area contributed by atoms with Crippen molar-refractivity contribution in [2.45, 2.75) is 11.8 Å². The number of rotatable bonds is 10. The second kappa shape index (κ2) is 12.8. The minimum Gasteiger partial charge on any atom is -0.490 e. The summed E-state index contributed by atoms with van der Waals surface area (Å²) in [5.74, 6) is -0.0640. The lowest BCUT2D eigenvalue weighted by molar-refractivity contribution is 0.0969. The molecule has 36 heavy (non-hydrogen) atoms. The van der Waals surface area contributed by atoms with E-state index >= 15 is 0 Å². The lowest BCUT2D eigenvalue weighted by Gasteiger charge is -2.23. The van der Waals surface area contributed by atoms with Gasteiger partial charge in [0.15, 0.2) is 5.11 Å². The molecule has 3 rings (SSSR count). The van der Waals surface area contributed by atoms with E-state index in [1.165, 1.54) is 16.4 Å². The molecule has 190 valence electrons. The molecule has 0 saturated carbocycles. The van der Waals surface area contributed by atoms with Crippen LogP contribution in [-0.4, -0.2) is 46.3 Å². The van der Waals surface area contributed by atoms with Gasteiger partial charge in [-0.15, -0.1) is 0 Å². The van der Waals surface area contributed by atoms with Crippen LogP contribution in [0.15, 0.2) is 82.2 Å². The highest BCUT2D eigenvalue weighted by atomic mass is 79.9. The molecule has 11 heteroatoms. The Balaban J connectivity index is 1.68. The Morgan fingerprint density at radius 1 is 1.03 bits per heavy atom. The molecule has 0 spiro atoms. The summed E-state index contributed by atoms with van der Waals surface area (Å²) in [6, 6.07) is 20.1. The van der Waals surface area contributed by atoms with E-state index in [1.807, 2.05) is 6.07 Å². The van der Waals surface area contributed by atoms with E-state index in [-0.39, 0.29) is 23.2 Å². The summed E-state index contributed by atoms with van der Waals surface area (Å²) in [7, 11) is -2.18. The van der Waals surface area contributed by atoms with Crippen molar-refractivity contribution in [3.05, 3.63) is 82.8 Å². The Hall–Kier alpha value is -2.99. The van der Waals surface area contributed by atoms with Crippen molar-refractivity contribution < 1.29 is 22.7 Å². The Morgan fingerprint density at radius 2 is 1.72 bits per heavy atom. The monoisotopic (exact) mass is 591 g/mol. The molecule has 0 atom stereocenters. The molecule has 0 heterocycles. The van der Waals surface area contributed by atoms with Crippen LogP contribution in [0.25, 0.3) is 0 Å². The first-order chi connectivity index (χ1) is 17.3. The summed E-state index contributed by atoms with van der Waals surface area (Å²) in [6.07, 6.45) is 0. The molecule has 2 N–H and O–H groups in total. The van der Waals surface area contributed by atoms with Gasteiger partial charge in [0.2, 0.25) is 0 Å². The third-order valence-corrected chi connectivity index (χ3v) is 7.60. The van der Waals surface area contributed by atoms with Gasteiger partial charge in [0.05, 0.1) is 22.8 Å². The van der Waals surface area contributed by atoms with Gasteiger partial charge in [-0.1, -0.05) is 34.1 Å². The summed E-state index contributed by atoms with van der Waals surface area (Å²) in [5.41, 5.74) is 1.41. The highest BCUT2D eigenvalue weighted by Crippen LogP contribution is 2.25. The van der Waals surface area contributed by atoms with Crippen molar-refractivity contribution in [1.29, 1.82) is 0 Å². The minimum atomic E-state index is -3.75. The van der Waals surface area contributed by atoms with Gasteiger partial charge in [-0.3, -0.25) is 14.4 Å². The highest BCUT2D eigenvalue weighted by Gasteiger charge is 2.23. The average Bonchev–Trinajstić information content (AvgIpc) is 2.86. The fraction of sp³-hybridized carbons (Fsp3) is 0.200. The SMILES string of the molecule is CCN(c1ccccc1)S(=O)(=O)c1ccc(NC(=S)NC(=O)c2cc(Br)ccc2OCCOC)cc1. The van der Waals surface area contributed by atoms with Crippen LogP contribution in [0.5, 0.6) is 5.75 Å². The molecule has 3 aromatic rings. The average molecular weight is 593 g/mol. The van der Waals surface area contributed by atoms with Crippen LogP contribution >= 0.6 is 28.1 Å². The first kappa shape index (κ1) is 27.6. The van der Waals surface area contributed by atoms with Gasteiger partial charge >= 0.3 is 0 Å². The van der Waals surface area contributed by atoms with Gasteiger partial charge in [0.1, 0.15) is 12.4 Å². The van der Waals surface area contributed by atoms with Gasteiger partial charge in [0, 0.05) is 23.8 Å². The normalized spacial score (nSPS) is 11.0. The second-order valence-electron chi connectivity index (χ2n) is 7.42. The number of nitrogens with one attached hydrogen (secondary N) is 2. The lowest BCUT2D eigenvalue weighted by atomic mass is 10.2. The maximum Gasteiger partial charge on any atom is 0.264 e. The highest BCUT2D eigenvalue weighted by molar-refractivity contribution is 9.10. The number of nitrogens with zero attached hydrogens (tertiary/aromatic N) is 1. The number of benzene rings is 3. The van der Waals surface area contributed by atoms with Gasteiger partial charge in [-0.25, -0.2) is 8.42 Å². The van der Waals surface area contributed by atoms with Crippen molar-refractivity contribution in [3.63, 3.8) is 0 Å². The molecule has 0 aliphatic heterocycles. The zero-order chi connectivity index (χ0) is 26.1. The number of methoxy groups -OCH3 is 1. The fourth-order valence-electron chi connectivity index (χ4n) is 3.30. The third-order valence-electron chi connectivity index (χ3n) is 4.99. The molecule has 1 amide bonds. The molecule has 0 bridgehead atoms. The lowest BCUT2D eigenvalue weighted by Crippen LogP contribution is -2.34. The van der Waals surface area contributed by atoms with Crippen LogP contribution < -0.4 is 19.7 Å². The van der Waals surface area contributed by atoms with Crippen LogP contribution in [0.2, 0.25) is 0 Å². The van der Waals surface area contributed by atoms with E-state index in [2.05, 4.69) is 26.6 Å². The van der Waals surface area contributed by atoms with Crippen molar-refractivity contribution in [2.24, 2.45) is 0 Å². The van der Waals surface area contributed by atoms with Gasteiger partial charge < -0.3 is 14.8 Å². The number of amides is 1. The Labute approximate surface area is 224 Å². The van der Waals surface area contributed by atoms with Crippen LogP contribution in [0, 0.1) is 0 Å². The molecule has 0 radical (unpaired) electrons. The van der Waals surface area contributed by atoms with Crippen LogP contribution in [0.3, 0.4) is 0 Å². The zero-order valence-corrected chi connectivity index (χ0v) is 23.0. The topological polar surface area (TPSA) is 97.0 Å². The first-order valence-electron chi connectivity index (χ1n) is 11.0. The Bertz CT molecular complexity index is 1300. The zero-order valence-electron chi connectivity index (χ0n) is 19.7. The maximum absolute atomic E-state index is 13.2. The van der Waals surface area contributed by atoms with Gasteiger partial charge in [0.25, 0.3) is 15.9 Å². The number of hydrogen-bond acceptors (Lipinski definition) is 6. The smallest absolute Gasteiger partial charge is 0.264 e. The van der Waals surface area contributed by atoms with E-state index in [1.54, 1.807) is 68.6 Å². The summed E-state index contributed by atoms with van der Waals surface area (Å²) in [5, 5.41) is 5.57. The number of carbonyl (C=O) groups is 1. The summed E-state index contributed by atoms with van der Waals surface area (Å²) >= 11 is 8.64. The third kappa shape index (κ3) is 7.03. The van der Waals surface area contributed by atoms with Crippen molar-refractivity contribution in [3.8, 4) is 5.75 Å². The van der Waals surface area contributed by atoms with E-state index in [0.29, 0.717) is 33.8 Å². The second-order valence-corrected chi connectivity index (χ2v) is 10.6. The molecule has 8 nitrogen and oxygen atoms in total. The van der Waals surface area contributed by atoms with Crippen LogP contribution in [0.1, 0.15) is 17.3 Å². The molecule has 0 aliphatic rings. The Morgan fingerprint density at radius 3 is 2.36 bits per heavy atom. The van der Waals surface area contributed by atoms with Crippen molar-refractivity contribution >= 4 is 60.6 Å². The van der Waals surface area contributed by atoms with Crippen LogP contribution in [0.4, 0.5) is 11.4 Å². The summed E-state index contributed by atoms with van der Waals surface area (Å²) in [6.45, 7) is 2.73. The van der Waals surface area contributed by atoms with Gasteiger partial charge in [-0.2, -0.15) is 0 Å². The molecular formula is C25H26BrN3O5S2. The molecular weight excluding hydrogens is 566 g/mol. The number of hydrogen-bond donors (Lipinski definition) is 2. The minimum absolute atomic E-state index is 0.0536. The predicted molar refractivity (Wildman–Crippen MR) is 148 cm³/mol. The standard InChI is InChI=1S/C25H26BrN3O5S2/c1-3-29(20-7-5-4-6-8-20)36(31,32)21-12-10-19(11-13-21)27-25(35)28-24(30)22-17-18(26)9-14-23(22)34-16-15-33-2/h4-14,17H,3,15-16H2,1-2H3,(H2,27,28,30,35). The van der Waals surface area contributed by atoms with Gasteiger partial charge in [-0.05, 0) is 73.7 Å². The van der Waals surface area contributed by atoms with E-state index in [4.69, 9.17) is 21.7 Å². The number of thiocarbonyl (C=S) groups is 1. The number of halogens is 1. The molecule has 3 aromatic carbocycles. The number of para-hydroxylation sites is 1. The van der Waals surface area contributed by atoms with Crippen molar-refractivity contribution in [1.82, 2.24) is 5.32 Å². The van der Waals surface area contributed by atoms with Crippen molar-refractivity contribution in [2.75, 3.05) is 36.5 Å². The van der Waals surface area contributed by atoms with Crippen LogP contribution in [-0.2, 0) is 14.8 Å². The fourth-order valence-corrected chi connectivity index (χ4v) is 5.34.